The molecule has 0 aromatic heterocycles. The van der Waals surface area contributed by atoms with E-state index >= 15 is 0 Å². The normalized spacial score (nSPS) is 9.86. The number of diazo groups is 1. The van der Waals surface area contributed by atoms with Crippen molar-refractivity contribution in [2.45, 2.75) is 33.2 Å². The zero-order chi connectivity index (χ0) is 10.6. The first-order chi connectivity index (χ1) is 6.76. The molecule has 0 aliphatic rings. The summed E-state index contributed by atoms with van der Waals surface area (Å²) in [6.07, 6.45) is 1.72. The van der Waals surface area contributed by atoms with Gasteiger partial charge in [0, 0.05) is 17.7 Å². The standard InChI is InChI=1S/C11H16N3/c1-3-9-5-8(7-12)6-10(4-2)11(9)14-13/h5-6H,3-4,7,12H2,1-2H3/q+1. The van der Waals surface area contributed by atoms with E-state index in [-0.39, 0.29) is 0 Å². The van der Waals surface area contributed by atoms with Gasteiger partial charge >= 0.3 is 5.69 Å². The Kier molecular flexibility index (Phi) is 3.61. The van der Waals surface area contributed by atoms with Crippen LogP contribution in [-0.4, -0.2) is 0 Å². The fraction of sp³-hybridized carbons (Fsp3) is 0.455. The van der Waals surface area contributed by atoms with Crippen molar-refractivity contribution in [2.75, 3.05) is 0 Å². The van der Waals surface area contributed by atoms with Gasteiger partial charge in [-0.2, -0.15) is 0 Å². The number of nitrogens with two attached hydrogens (primary N) is 1. The van der Waals surface area contributed by atoms with Crippen LogP contribution in [0.2, 0.25) is 0 Å². The molecule has 0 saturated carbocycles. The van der Waals surface area contributed by atoms with E-state index in [0.29, 0.717) is 12.2 Å². The van der Waals surface area contributed by atoms with Crippen LogP contribution in [-0.2, 0) is 19.4 Å². The summed E-state index contributed by atoms with van der Waals surface area (Å²) in [5.74, 6) is 0. The molecule has 0 radical (unpaired) electrons. The molecule has 0 fully saturated rings. The molecule has 0 saturated heterocycles. The summed E-state index contributed by atoms with van der Waals surface area (Å²) in [5, 5.41) is 8.92. The van der Waals surface area contributed by atoms with Crippen molar-refractivity contribution in [2.24, 2.45) is 5.73 Å². The molecule has 0 spiro atoms. The first kappa shape index (κ1) is 10.7. The second kappa shape index (κ2) is 4.73. The number of aryl methyl sites for hydroxylation is 2. The Morgan fingerprint density at radius 1 is 1.21 bits per heavy atom. The van der Waals surface area contributed by atoms with Crippen molar-refractivity contribution in [3.63, 3.8) is 0 Å². The van der Waals surface area contributed by atoms with E-state index in [1.807, 2.05) is 26.0 Å². The van der Waals surface area contributed by atoms with Crippen molar-refractivity contribution in [1.29, 1.82) is 5.39 Å². The van der Waals surface area contributed by atoms with Crippen molar-refractivity contribution < 1.29 is 0 Å². The Bertz CT molecular complexity index is 338. The molecule has 2 N–H and O–H groups in total. The van der Waals surface area contributed by atoms with Crippen molar-refractivity contribution >= 4 is 5.69 Å². The number of hydrogen-bond donors (Lipinski definition) is 1. The lowest BCUT2D eigenvalue weighted by molar-refractivity contribution is 1.02. The highest BCUT2D eigenvalue weighted by Crippen LogP contribution is 2.27. The van der Waals surface area contributed by atoms with E-state index in [0.717, 1.165) is 29.5 Å². The van der Waals surface area contributed by atoms with Crippen LogP contribution in [0.1, 0.15) is 30.5 Å². The molecule has 3 nitrogen and oxygen atoms in total. The van der Waals surface area contributed by atoms with Gasteiger partial charge in [-0.1, -0.05) is 13.8 Å². The first-order valence-electron chi connectivity index (χ1n) is 4.96. The van der Waals surface area contributed by atoms with Gasteiger partial charge < -0.3 is 5.73 Å². The molecular weight excluding hydrogens is 174 g/mol. The number of benzene rings is 1. The maximum absolute atomic E-state index is 8.92. The molecule has 14 heavy (non-hydrogen) atoms. The SMILES string of the molecule is CCc1cc(CN)cc(CC)c1[N+]#N. The largest absolute Gasteiger partial charge is 0.391 e. The summed E-state index contributed by atoms with van der Waals surface area (Å²) in [4.78, 5) is 3.35. The topological polar surface area (TPSA) is 54.2 Å². The lowest BCUT2D eigenvalue weighted by Crippen LogP contribution is -1.99. The molecule has 1 rings (SSSR count). The molecule has 3 heteroatoms. The third kappa shape index (κ3) is 1.91. The summed E-state index contributed by atoms with van der Waals surface area (Å²) >= 11 is 0. The predicted molar refractivity (Wildman–Crippen MR) is 57.8 cm³/mol. The van der Waals surface area contributed by atoms with E-state index in [1.165, 1.54) is 0 Å². The lowest BCUT2D eigenvalue weighted by Gasteiger charge is -2.02. The fourth-order valence-corrected chi connectivity index (χ4v) is 1.62. The maximum atomic E-state index is 8.92. The summed E-state index contributed by atoms with van der Waals surface area (Å²) in [5.41, 5.74) is 9.54. The Labute approximate surface area is 84.6 Å². The van der Waals surface area contributed by atoms with Crippen LogP contribution in [0.25, 0.3) is 4.98 Å². The molecule has 0 atom stereocenters. The summed E-state index contributed by atoms with van der Waals surface area (Å²) in [7, 11) is 0. The third-order valence-electron chi connectivity index (χ3n) is 2.43. The Morgan fingerprint density at radius 2 is 1.71 bits per heavy atom. The number of nitrogens with zero attached hydrogens (tertiary/aromatic N) is 2. The van der Waals surface area contributed by atoms with E-state index in [1.54, 1.807) is 0 Å². The molecule has 1 aromatic carbocycles. The first-order valence-corrected chi connectivity index (χ1v) is 4.96. The Hall–Kier alpha value is -1.40. The molecule has 0 aliphatic carbocycles. The zero-order valence-electron chi connectivity index (χ0n) is 8.75. The zero-order valence-corrected chi connectivity index (χ0v) is 8.75. The van der Waals surface area contributed by atoms with Crippen LogP contribution in [0.4, 0.5) is 5.69 Å². The fourth-order valence-electron chi connectivity index (χ4n) is 1.62. The average molecular weight is 190 g/mol. The van der Waals surface area contributed by atoms with Crippen molar-refractivity contribution in [3.05, 3.63) is 33.8 Å². The van der Waals surface area contributed by atoms with Gasteiger partial charge in [-0.05, 0) is 30.5 Å². The van der Waals surface area contributed by atoms with Gasteiger partial charge in [0.25, 0.3) is 0 Å². The quantitative estimate of drug-likeness (QED) is 0.745. The van der Waals surface area contributed by atoms with Gasteiger partial charge in [0.05, 0.1) is 0 Å². The molecule has 1 aromatic rings. The minimum Gasteiger partial charge on any atom is -0.326 e. The summed E-state index contributed by atoms with van der Waals surface area (Å²) < 4.78 is 0. The van der Waals surface area contributed by atoms with Gasteiger partial charge in [-0.3, -0.25) is 0 Å². The maximum Gasteiger partial charge on any atom is 0.391 e. The highest BCUT2D eigenvalue weighted by Gasteiger charge is 2.18. The predicted octanol–water partition coefficient (Wildman–Crippen LogP) is 2.75. The smallest absolute Gasteiger partial charge is 0.326 e. The van der Waals surface area contributed by atoms with Crippen LogP contribution < -0.4 is 5.73 Å². The van der Waals surface area contributed by atoms with Crippen molar-refractivity contribution in [1.82, 2.24) is 0 Å². The number of rotatable bonds is 3. The van der Waals surface area contributed by atoms with Gasteiger partial charge in [-0.25, -0.2) is 0 Å². The molecule has 0 bridgehead atoms. The van der Waals surface area contributed by atoms with Crippen LogP contribution >= 0.6 is 0 Å². The third-order valence-corrected chi connectivity index (χ3v) is 2.43. The minimum absolute atomic E-state index is 0.533. The van der Waals surface area contributed by atoms with E-state index in [9.17, 15) is 0 Å². The monoisotopic (exact) mass is 190 g/mol. The van der Waals surface area contributed by atoms with Crippen LogP contribution in [0.3, 0.4) is 0 Å². The van der Waals surface area contributed by atoms with E-state index in [2.05, 4.69) is 4.98 Å². The van der Waals surface area contributed by atoms with Crippen molar-refractivity contribution in [3.8, 4) is 0 Å². The average Bonchev–Trinajstić information content (AvgIpc) is 2.26. The van der Waals surface area contributed by atoms with E-state index < -0.39 is 0 Å². The molecule has 74 valence electrons. The minimum atomic E-state index is 0.533. The Morgan fingerprint density at radius 3 is 2.00 bits per heavy atom. The second-order valence-electron chi connectivity index (χ2n) is 3.27. The lowest BCUT2D eigenvalue weighted by atomic mass is 9.99. The van der Waals surface area contributed by atoms with E-state index in [4.69, 9.17) is 11.1 Å². The highest BCUT2D eigenvalue weighted by molar-refractivity contribution is 5.59. The van der Waals surface area contributed by atoms with Crippen LogP contribution in [0.15, 0.2) is 12.1 Å². The summed E-state index contributed by atoms with van der Waals surface area (Å²) in [6.45, 7) is 4.62. The van der Waals surface area contributed by atoms with Crippen LogP contribution in [0.5, 0.6) is 0 Å². The molecule has 0 unspecified atom stereocenters. The highest BCUT2D eigenvalue weighted by atomic mass is 14.9. The summed E-state index contributed by atoms with van der Waals surface area (Å²) in [6, 6.07) is 4.02. The number of hydrogen-bond acceptors (Lipinski definition) is 2. The molecular formula is C11H16N3+. The van der Waals surface area contributed by atoms with Gasteiger partial charge in [0.15, 0.2) is 4.98 Å². The van der Waals surface area contributed by atoms with Gasteiger partial charge in [-0.15, -0.1) is 0 Å². The van der Waals surface area contributed by atoms with Gasteiger partial charge in [0.2, 0.25) is 5.39 Å². The van der Waals surface area contributed by atoms with Gasteiger partial charge in [0.1, 0.15) is 0 Å². The second-order valence-corrected chi connectivity index (χ2v) is 3.27. The molecule has 0 aliphatic heterocycles. The molecule has 0 heterocycles. The Balaban J connectivity index is 3.34. The molecule has 0 amide bonds. The van der Waals surface area contributed by atoms with Crippen LogP contribution in [0, 0.1) is 5.39 Å².